The van der Waals surface area contributed by atoms with Crippen LogP contribution in [0.15, 0.2) is 22.7 Å². The normalized spacial score (nSPS) is 9.38. The third-order valence-electron chi connectivity index (χ3n) is 2.00. The van der Waals surface area contributed by atoms with Gasteiger partial charge in [-0.1, -0.05) is 13.8 Å². The van der Waals surface area contributed by atoms with Crippen LogP contribution in [-0.4, -0.2) is 0 Å². The Morgan fingerprint density at radius 1 is 0.769 bits per heavy atom. The summed E-state index contributed by atoms with van der Waals surface area (Å²) < 4.78 is 5.83. The zero-order chi connectivity index (χ0) is 10.4. The molecule has 0 aliphatic carbocycles. The van der Waals surface area contributed by atoms with Gasteiger partial charge in [0.15, 0.2) is 0 Å². The predicted molar refractivity (Wildman–Crippen MR) is 58.4 cm³/mol. The SMILES string of the molecule is CCC(OC(CC)=C(C)C)=C(C)C. The Bertz CT molecular complexity index is 189. The molecule has 0 atom stereocenters. The van der Waals surface area contributed by atoms with Gasteiger partial charge in [-0.3, -0.25) is 0 Å². The molecule has 0 amide bonds. The lowest BCUT2D eigenvalue weighted by molar-refractivity contribution is 0.274. The summed E-state index contributed by atoms with van der Waals surface area (Å²) in [5.41, 5.74) is 2.55. The lowest BCUT2D eigenvalue weighted by Crippen LogP contribution is -1.95. The standard InChI is InChI=1S/C12H22O/c1-7-11(9(3)4)13-12(8-2)10(5)6/h7-8H2,1-6H3. The van der Waals surface area contributed by atoms with E-state index in [1.165, 1.54) is 11.1 Å². The van der Waals surface area contributed by atoms with E-state index in [9.17, 15) is 0 Å². The zero-order valence-corrected chi connectivity index (χ0v) is 9.82. The first-order chi connectivity index (χ1) is 6.02. The van der Waals surface area contributed by atoms with Crippen LogP contribution >= 0.6 is 0 Å². The Morgan fingerprint density at radius 3 is 1.23 bits per heavy atom. The van der Waals surface area contributed by atoms with Gasteiger partial charge in [0.05, 0.1) is 0 Å². The minimum absolute atomic E-state index is 0.971. The Morgan fingerprint density at radius 2 is 1.08 bits per heavy atom. The van der Waals surface area contributed by atoms with Crippen molar-refractivity contribution in [3.05, 3.63) is 22.7 Å². The molecule has 13 heavy (non-hydrogen) atoms. The second-order valence-electron chi connectivity index (χ2n) is 3.66. The van der Waals surface area contributed by atoms with Crippen molar-refractivity contribution in [1.29, 1.82) is 0 Å². The highest BCUT2D eigenvalue weighted by Crippen LogP contribution is 2.18. The first kappa shape index (κ1) is 12.3. The van der Waals surface area contributed by atoms with Gasteiger partial charge in [-0.25, -0.2) is 0 Å². The first-order valence-electron chi connectivity index (χ1n) is 5.03. The van der Waals surface area contributed by atoms with Crippen LogP contribution in [0, 0.1) is 0 Å². The molecule has 0 aliphatic heterocycles. The summed E-state index contributed by atoms with van der Waals surface area (Å²) in [4.78, 5) is 0. The fourth-order valence-corrected chi connectivity index (χ4v) is 1.20. The largest absolute Gasteiger partial charge is 0.466 e. The van der Waals surface area contributed by atoms with E-state index in [4.69, 9.17) is 4.74 Å². The minimum atomic E-state index is 0.971. The van der Waals surface area contributed by atoms with Gasteiger partial charge in [-0.15, -0.1) is 0 Å². The number of hydrogen-bond acceptors (Lipinski definition) is 1. The Kier molecular flexibility index (Phi) is 5.52. The van der Waals surface area contributed by atoms with Crippen LogP contribution in [0.3, 0.4) is 0 Å². The average molecular weight is 182 g/mol. The smallest absolute Gasteiger partial charge is 0.102 e. The van der Waals surface area contributed by atoms with E-state index in [0.29, 0.717) is 0 Å². The van der Waals surface area contributed by atoms with Crippen LogP contribution in [0.5, 0.6) is 0 Å². The van der Waals surface area contributed by atoms with Crippen LogP contribution in [-0.2, 0) is 4.74 Å². The van der Waals surface area contributed by atoms with Gasteiger partial charge in [-0.05, 0) is 38.8 Å². The van der Waals surface area contributed by atoms with Crippen molar-refractivity contribution in [2.75, 3.05) is 0 Å². The van der Waals surface area contributed by atoms with Gasteiger partial charge in [0.1, 0.15) is 11.5 Å². The van der Waals surface area contributed by atoms with E-state index in [1.807, 2.05) is 0 Å². The lowest BCUT2D eigenvalue weighted by atomic mass is 10.2. The molecule has 1 heteroatoms. The average Bonchev–Trinajstić information content (AvgIpc) is 2.05. The molecule has 0 radical (unpaired) electrons. The van der Waals surface area contributed by atoms with Crippen LogP contribution in [0.25, 0.3) is 0 Å². The molecule has 0 unspecified atom stereocenters. The van der Waals surface area contributed by atoms with Crippen LogP contribution in [0.2, 0.25) is 0 Å². The quantitative estimate of drug-likeness (QED) is 0.585. The van der Waals surface area contributed by atoms with Crippen LogP contribution in [0.1, 0.15) is 54.4 Å². The van der Waals surface area contributed by atoms with Gasteiger partial charge in [-0.2, -0.15) is 0 Å². The third-order valence-corrected chi connectivity index (χ3v) is 2.00. The van der Waals surface area contributed by atoms with E-state index >= 15 is 0 Å². The Balaban J connectivity index is 4.59. The summed E-state index contributed by atoms with van der Waals surface area (Å²) in [6.07, 6.45) is 1.94. The molecule has 0 N–H and O–H groups in total. The van der Waals surface area contributed by atoms with E-state index in [-0.39, 0.29) is 0 Å². The molecule has 0 heterocycles. The van der Waals surface area contributed by atoms with Gasteiger partial charge in [0.25, 0.3) is 0 Å². The van der Waals surface area contributed by atoms with Crippen LogP contribution in [0.4, 0.5) is 0 Å². The fraction of sp³-hybridized carbons (Fsp3) is 0.667. The van der Waals surface area contributed by atoms with Gasteiger partial charge < -0.3 is 4.74 Å². The topological polar surface area (TPSA) is 9.23 Å². The molecule has 76 valence electrons. The predicted octanol–water partition coefficient (Wildman–Crippen LogP) is 4.41. The molecule has 0 bridgehead atoms. The number of ether oxygens (including phenoxy) is 1. The summed E-state index contributed by atoms with van der Waals surface area (Å²) in [6.45, 7) is 12.6. The maximum absolute atomic E-state index is 5.83. The summed E-state index contributed by atoms with van der Waals surface area (Å²) in [5, 5.41) is 0. The third kappa shape index (κ3) is 4.16. The van der Waals surface area contributed by atoms with Crippen molar-refractivity contribution in [2.45, 2.75) is 54.4 Å². The van der Waals surface area contributed by atoms with E-state index in [2.05, 4.69) is 41.5 Å². The molecule has 0 aromatic heterocycles. The van der Waals surface area contributed by atoms with Crippen molar-refractivity contribution in [2.24, 2.45) is 0 Å². The van der Waals surface area contributed by atoms with Gasteiger partial charge >= 0.3 is 0 Å². The fourth-order valence-electron chi connectivity index (χ4n) is 1.20. The maximum Gasteiger partial charge on any atom is 0.102 e. The molecule has 0 rings (SSSR count). The number of hydrogen-bond donors (Lipinski definition) is 0. The van der Waals surface area contributed by atoms with Gasteiger partial charge in [0.2, 0.25) is 0 Å². The van der Waals surface area contributed by atoms with E-state index in [0.717, 1.165) is 24.4 Å². The molecule has 0 spiro atoms. The number of rotatable bonds is 4. The Hall–Kier alpha value is -0.720. The molecule has 0 saturated carbocycles. The van der Waals surface area contributed by atoms with Crippen molar-refractivity contribution < 1.29 is 4.74 Å². The highest BCUT2D eigenvalue weighted by atomic mass is 16.5. The molecule has 1 nitrogen and oxygen atoms in total. The second kappa shape index (κ2) is 5.85. The van der Waals surface area contributed by atoms with Gasteiger partial charge in [0, 0.05) is 12.8 Å². The molecular formula is C12H22O. The van der Waals surface area contributed by atoms with E-state index < -0.39 is 0 Å². The summed E-state index contributed by atoms with van der Waals surface area (Å²) in [5.74, 6) is 2.22. The van der Waals surface area contributed by atoms with Crippen LogP contribution < -0.4 is 0 Å². The van der Waals surface area contributed by atoms with Crippen molar-refractivity contribution in [1.82, 2.24) is 0 Å². The molecular weight excluding hydrogens is 160 g/mol. The second-order valence-corrected chi connectivity index (χ2v) is 3.66. The van der Waals surface area contributed by atoms with Crippen molar-refractivity contribution >= 4 is 0 Å². The molecule has 0 aliphatic rings. The Labute approximate surface area is 82.5 Å². The molecule has 0 fully saturated rings. The summed E-state index contributed by atoms with van der Waals surface area (Å²) >= 11 is 0. The minimum Gasteiger partial charge on any atom is -0.466 e. The highest BCUT2D eigenvalue weighted by molar-refractivity contribution is 5.10. The monoisotopic (exact) mass is 182 g/mol. The lowest BCUT2D eigenvalue weighted by Gasteiger charge is -2.14. The van der Waals surface area contributed by atoms with E-state index in [1.54, 1.807) is 0 Å². The maximum atomic E-state index is 5.83. The number of allylic oxidation sites excluding steroid dienone is 4. The first-order valence-corrected chi connectivity index (χ1v) is 5.03. The molecule has 0 aromatic carbocycles. The zero-order valence-electron chi connectivity index (χ0n) is 9.82. The van der Waals surface area contributed by atoms with Crippen molar-refractivity contribution in [3.63, 3.8) is 0 Å². The molecule has 0 saturated heterocycles. The summed E-state index contributed by atoms with van der Waals surface area (Å²) in [7, 11) is 0. The van der Waals surface area contributed by atoms with Crippen molar-refractivity contribution in [3.8, 4) is 0 Å². The molecule has 0 aromatic rings. The highest BCUT2D eigenvalue weighted by Gasteiger charge is 2.03. The summed E-state index contributed by atoms with van der Waals surface area (Å²) in [6, 6.07) is 0.